The Labute approximate surface area is 154 Å². The summed E-state index contributed by atoms with van der Waals surface area (Å²) >= 11 is 0. The third-order valence-corrected chi connectivity index (χ3v) is 3.96. The van der Waals surface area contributed by atoms with Gasteiger partial charge in [0.25, 0.3) is 0 Å². The predicted molar refractivity (Wildman–Crippen MR) is 111 cm³/mol. The van der Waals surface area contributed by atoms with Gasteiger partial charge >= 0.3 is 0 Å². The molecule has 0 spiro atoms. The number of hydrogen-bond donors (Lipinski definition) is 3. The Balaban J connectivity index is 0.000000171. The average molecular weight is 347 g/mol. The summed E-state index contributed by atoms with van der Waals surface area (Å²) in [6.45, 7) is 4.09. The van der Waals surface area contributed by atoms with E-state index in [4.69, 9.17) is 0 Å². The van der Waals surface area contributed by atoms with E-state index in [9.17, 15) is 10.2 Å². The molecule has 0 aliphatic rings. The second-order valence-corrected chi connectivity index (χ2v) is 6.07. The standard InChI is InChI=1S/2C11H10O.CH5N/c2*1-8-2-3-9-4-5-11(12)7-10(9)6-8;1-2/h2*2-7,12H,1H3;2H2,1H3. The molecular weight excluding hydrogens is 322 g/mol. The topological polar surface area (TPSA) is 66.5 Å². The summed E-state index contributed by atoms with van der Waals surface area (Å²) < 4.78 is 0. The first-order chi connectivity index (χ1) is 12.5. The highest BCUT2D eigenvalue weighted by atomic mass is 16.3. The van der Waals surface area contributed by atoms with E-state index in [2.05, 4.69) is 42.1 Å². The van der Waals surface area contributed by atoms with Crippen LogP contribution in [0.4, 0.5) is 0 Å². The number of hydrogen-bond acceptors (Lipinski definition) is 3. The summed E-state index contributed by atoms with van der Waals surface area (Å²) in [6.07, 6.45) is 0. The van der Waals surface area contributed by atoms with E-state index in [-0.39, 0.29) is 0 Å². The fourth-order valence-corrected chi connectivity index (χ4v) is 2.71. The lowest BCUT2D eigenvalue weighted by Crippen LogP contribution is -1.74. The first-order valence-corrected chi connectivity index (χ1v) is 8.48. The van der Waals surface area contributed by atoms with E-state index in [0.29, 0.717) is 11.5 Å². The molecule has 3 heteroatoms. The van der Waals surface area contributed by atoms with Crippen molar-refractivity contribution >= 4 is 21.5 Å². The summed E-state index contributed by atoms with van der Waals surface area (Å²) in [5.41, 5.74) is 6.93. The molecule has 0 unspecified atom stereocenters. The molecule has 4 N–H and O–H groups in total. The number of phenolic OH excluding ortho intramolecular Hbond substituents is 2. The Hall–Kier alpha value is -3.04. The first kappa shape index (κ1) is 19.3. The van der Waals surface area contributed by atoms with Crippen LogP contribution in [0.5, 0.6) is 11.5 Å². The van der Waals surface area contributed by atoms with Gasteiger partial charge in [-0.05, 0) is 66.7 Å². The molecule has 0 saturated carbocycles. The molecule has 0 amide bonds. The van der Waals surface area contributed by atoms with Crippen molar-refractivity contribution in [3.63, 3.8) is 0 Å². The van der Waals surface area contributed by atoms with Gasteiger partial charge in [0.05, 0.1) is 0 Å². The highest BCUT2D eigenvalue weighted by Gasteiger charge is 1.95. The molecule has 4 aromatic rings. The molecular formula is C23H25NO2. The van der Waals surface area contributed by atoms with Crippen molar-refractivity contribution in [3.8, 4) is 11.5 Å². The smallest absolute Gasteiger partial charge is 0.116 e. The molecule has 0 bridgehead atoms. The van der Waals surface area contributed by atoms with Gasteiger partial charge in [-0.25, -0.2) is 0 Å². The lowest BCUT2D eigenvalue weighted by molar-refractivity contribution is 0.475. The second-order valence-electron chi connectivity index (χ2n) is 6.07. The number of rotatable bonds is 0. The average Bonchev–Trinajstić information content (AvgIpc) is 2.63. The normalized spacial score (nSPS) is 9.85. The zero-order valence-electron chi connectivity index (χ0n) is 15.4. The van der Waals surface area contributed by atoms with Gasteiger partial charge in [-0.15, -0.1) is 0 Å². The van der Waals surface area contributed by atoms with Gasteiger partial charge in [0, 0.05) is 0 Å². The molecule has 0 fully saturated rings. The quantitative estimate of drug-likeness (QED) is 0.405. The van der Waals surface area contributed by atoms with E-state index in [0.717, 1.165) is 10.8 Å². The van der Waals surface area contributed by atoms with Gasteiger partial charge in [-0.3, -0.25) is 0 Å². The maximum atomic E-state index is 9.22. The van der Waals surface area contributed by atoms with Crippen LogP contribution < -0.4 is 5.73 Å². The van der Waals surface area contributed by atoms with Gasteiger partial charge in [0.15, 0.2) is 0 Å². The predicted octanol–water partition coefficient (Wildman–Crippen LogP) is 5.28. The summed E-state index contributed by atoms with van der Waals surface area (Å²) in [7, 11) is 1.50. The van der Waals surface area contributed by atoms with E-state index in [1.54, 1.807) is 24.3 Å². The molecule has 0 atom stereocenters. The lowest BCUT2D eigenvalue weighted by Gasteiger charge is -1.99. The lowest BCUT2D eigenvalue weighted by atomic mass is 10.1. The van der Waals surface area contributed by atoms with Crippen LogP contribution in [0.3, 0.4) is 0 Å². The molecule has 26 heavy (non-hydrogen) atoms. The van der Waals surface area contributed by atoms with Gasteiger partial charge < -0.3 is 15.9 Å². The van der Waals surface area contributed by atoms with Crippen molar-refractivity contribution in [1.82, 2.24) is 0 Å². The van der Waals surface area contributed by atoms with E-state index < -0.39 is 0 Å². The Kier molecular flexibility index (Phi) is 6.59. The van der Waals surface area contributed by atoms with Gasteiger partial charge in [-0.2, -0.15) is 0 Å². The number of aryl methyl sites for hydroxylation is 2. The second kappa shape index (κ2) is 8.88. The summed E-state index contributed by atoms with van der Waals surface area (Å²) in [5.74, 6) is 0.654. The van der Waals surface area contributed by atoms with Crippen LogP contribution in [0, 0.1) is 13.8 Å². The van der Waals surface area contributed by atoms with Crippen LogP contribution in [0.1, 0.15) is 11.1 Å². The van der Waals surface area contributed by atoms with Gasteiger partial charge in [-0.1, -0.05) is 59.7 Å². The third kappa shape index (κ3) is 4.98. The Morgan fingerprint density at radius 2 is 0.846 bits per heavy atom. The van der Waals surface area contributed by atoms with Crippen molar-refractivity contribution in [1.29, 1.82) is 0 Å². The highest BCUT2D eigenvalue weighted by Crippen LogP contribution is 2.21. The SMILES string of the molecule is CN.Cc1ccc2ccc(O)cc2c1.Cc1ccc2ccc(O)cc2c1. The minimum absolute atomic E-state index is 0.327. The summed E-state index contributed by atoms with van der Waals surface area (Å²) in [6, 6.07) is 23.2. The van der Waals surface area contributed by atoms with Crippen LogP contribution in [-0.2, 0) is 0 Å². The van der Waals surface area contributed by atoms with Crippen LogP contribution in [0.25, 0.3) is 21.5 Å². The summed E-state index contributed by atoms with van der Waals surface area (Å²) in [5, 5.41) is 23.0. The fourth-order valence-electron chi connectivity index (χ4n) is 2.71. The van der Waals surface area contributed by atoms with Gasteiger partial charge in [0.1, 0.15) is 11.5 Å². The number of benzene rings is 4. The zero-order valence-corrected chi connectivity index (χ0v) is 15.4. The van der Waals surface area contributed by atoms with Crippen LogP contribution in [0.15, 0.2) is 72.8 Å². The van der Waals surface area contributed by atoms with Crippen LogP contribution in [0.2, 0.25) is 0 Å². The van der Waals surface area contributed by atoms with Gasteiger partial charge in [0.2, 0.25) is 0 Å². The third-order valence-electron chi connectivity index (χ3n) is 3.96. The Morgan fingerprint density at radius 1 is 0.500 bits per heavy atom. The van der Waals surface area contributed by atoms with E-state index in [1.807, 2.05) is 26.0 Å². The van der Waals surface area contributed by atoms with E-state index >= 15 is 0 Å². The van der Waals surface area contributed by atoms with Crippen LogP contribution in [-0.4, -0.2) is 17.3 Å². The maximum absolute atomic E-state index is 9.22. The van der Waals surface area contributed by atoms with E-state index in [1.165, 1.54) is 28.9 Å². The minimum Gasteiger partial charge on any atom is -0.508 e. The molecule has 4 rings (SSSR count). The number of aromatic hydroxyl groups is 2. The maximum Gasteiger partial charge on any atom is 0.116 e. The molecule has 0 aliphatic heterocycles. The van der Waals surface area contributed by atoms with Crippen molar-refractivity contribution < 1.29 is 10.2 Å². The van der Waals surface area contributed by atoms with Crippen molar-refractivity contribution in [3.05, 3.63) is 83.9 Å². The largest absolute Gasteiger partial charge is 0.508 e. The van der Waals surface area contributed by atoms with Crippen molar-refractivity contribution in [2.45, 2.75) is 13.8 Å². The summed E-state index contributed by atoms with van der Waals surface area (Å²) in [4.78, 5) is 0. The molecule has 0 heterocycles. The van der Waals surface area contributed by atoms with Crippen molar-refractivity contribution in [2.75, 3.05) is 7.05 Å². The Morgan fingerprint density at radius 3 is 1.23 bits per heavy atom. The number of phenols is 2. The molecule has 3 nitrogen and oxygen atoms in total. The van der Waals surface area contributed by atoms with Crippen LogP contribution >= 0.6 is 0 Å². The number of fused-ring (bicyclic) bond motifs is 2. The first-order valence-electron chi connectivity index (χ1n) is 8.48. The monoisotopic (exact) mass is 347 g/mol. The highest BCUT2D eigenvalue weighted by molar-refractivity contribution is 5.85. The fraction of sp³-hybridized carbons (Fsp3) is 0.130. The molecule has 4 aromatic carbocycles. The molecule has 0 aliphatic carbocycles. The zero-order chi connectivity index (χ0) is 19.1. The molecule has 0 radical (unpaired) electrons. The van der Waals surface area contributed by atoms with Crippen molar-refractivity contribution in [2.24, 2.45) is 5.73 Å². The number of nitrogens with two attached hydrogens (primary N) is 1. The minimum atomic E-state index is 0.327. The Bertz CT molecular complexity index is 853. The molecule has 134 valence electrons. The molecule has 0 saturated heterocycles. The molecule has 0 aromatic heterocycles.